The van der Waals surface area contributed by atoms with Gasteiger partial charge in [0.25, 0.3) is 11.8 Å². The normalized spacial score (nSPS) is 16.3. The van der Waals surface area contributed by atoms with E-state index in [-0.39, 0.29) is 11.8 Å². The Labute approximate surface area is 231 Å². The highest BCUT2D eigenvalue weighted by molar-refractivity contribution is 6.38. The van der Waals surface area contributed by atoms with E-state index in [1.807, 2.05) is 17.0 Å². The zero-order valence-electron chi connectivity index (χ0n) is 21.6. The van der Waals surface area contributed by atoms with E-state index < -0.39 is 6.09 Å². The van der Waals surface area contributed by atoms with Crippen LogP contribution in [-0.2, 0) is 9.53 Å². The maximum absolute atomic E-state index is 13.2. The summed E-state index contributed by atoms with van der Waals surface area (Å²) >= 11 is 6.16. The minimum atomic E-state index is -0.577. The Morgan fingerprint density at radius 3 is 2.13 bits per heavy atom. The van der Waals surface area contributed by atoms with Gasteiger partial charge < -0.3 is 25.2 Å². The van der Waals surface area contributed by atoms with Crippen molar-refractivity contribution in [3.63, 3.8) is 0 Å². The monoisotopic (exact) mass is 545 g/mol. The molecule has 0 unspecified atom stereocenters. The SMILES string of the molecule is COC(=O)Nc1ccc(C(Nc2ccc(C(=O)N3CCN(C)CC3)cc2)=C2C(=O)Nc3cc(Cl)ccc32)cc1. The minimum Gasteiger partial charge on any atom is -0.453 e. The Kier molecular flexibility index (Phi) is 7.53. The Morgan fingerprint density at radius 2 is 1.49 bits per heavy atom. The summed E-state index contributed by atoms with van der Waals surface area (Å²) in [7, 11) is 3.34. The quantitative estimate of drug-likeness (QED) is 0.397. The molecule has 0 atom stereocenters. The zero-order chi connectivity index (χ0) is 27.5. The van der Waals surface area contributed by atoms with Crippen molar-refractivity contribution in [2.75, 3.05) is 56.3 Å². The van der Waals surface area contributed by atoms with E-state index in [9.17, 15) is 14.4 Å². The molecule has 3 aromatic rings. The number of carbonyl (C=O) groups is 3. The summed E-state index contributed by atoms with van der Waals surface area (Å²) < 4.78 is 4.66. The Hall–Kier alpha value is -4.34. The molecule has 39 heavy (non-hydrogen) atoms. The number of amides is 3. The van der Waals surface area contributed by atoms with Crippen molar-refractivity contribution in [2.24, 2.45) is 0 Å². The van der Waals surface area contributed by atoms with E-state index in [0.29, 0.717) is 57.6 Å². The first-order valence-corrected chi connectivity index (χ1v) is 12.9. The number of nitrogens with zero attached hydrogens (tertiary/aromatic N) is 2. The average Bonchev–Trinajstić information content (AvgIpc) is 3.27. The standard InChI is InChI=1S/C29H28ClN5O4/c1-34-13-15-35(16-14-34)28(37)19-5-10-21(11-6-19)31-26(18-3-8-22(9-4-18)32-29(38)39-2)25-23-12-7-20(30)17-24(23)33-27(25)36/h3-12,17,31H,13-16H2,1-2H3,(H,32,38)(H,33,36). The molecule has 2 heterocycles. The third-order valence-electron chi connectivity index (χ3n) is 6.77. The van der Waals surface area contributed by atoms with Crippen molar-refractivity contribution in [1.82, 2.24) is 9.80 Å². The first kappa shape index (κ1) is 26.3. The van der Waals surface area contributed by atoms with E-state index in [1.54, 1.807) is 54.6 Å². The summed E-state index contributed by atoms with van der Waals surface area (Å²) in [5.41, 5.74) is 4.94. The predicted octanol–water partition coefficient (Wildman–Crippen LogP) is 4.84. The number of hydrogen-bond donors (Lipinski definition) is 3. The molecule has 3 aromatic carbocycles. The lowest BCUT2D eigenvalue weighted by molar-refractivity contribution is -0.110. The second-order valence-electron chi connectivity index (χ2n) is 9.39. The number of halogens is 1. The molecule has 3 amide bonds. The van der Waals surface area contributed by atoms with E-state index in [0.717, 1.165) is 18.7 Å². The molecule has 0 spiro atoms. The second kappa shape index (κ2) is 11.2. The number of benzene rings is 3. The summed E-state index contributed by atoms with van der Waals surface area (Å²) in [6, 6.07) is 19.5. The van der Waals surface area contributed by atoms with Crippen LogP contribution in [0.25, 0.3) is 11.3 Å². The number of piperazine rings is 1. The molecule has 2 aliphatic heterocycles. The maximum Gasteiger partial charge on any atom is 0.411 e. The van der Waals surface area contributed by atoms with Crippen LogP contribution in [0.2, 0.25) is 5.02 Å². The van der Waals surface area contributed by atoms with Gasteiger partial charge in [-0.3, -0.25) is 14.9 Å². The number of fused-ring (bicyclic) bond motifs is 1. The molecule has 5 rings (SSSR count). The van der Waals surface area contributed by atoms with Crippen molar-refractivity contribution in [3.05, 3.63) is 88.4 Å². The highest BCUT2D eigenvalue weighted by atomic mass is 35.5. The van der Waals surface area contributed by atoms with Gasteiger partial charge in [-0.1, -0.05) is 29.8 Å². The fourth-order valence-corrected chi connectivity index (χ4v) is 4.77. The van der Waals surface area contributed by atoms with E-state index in [2.05, 4.69) is 32.6 Å². The summed E-state index contributed by atoms with van der Waals surface area (Å²) in [6.07, 6.45) is -0.577. The zero-order valence-corrected chi connectivity index (χ0v) is 22.3. The van der Waals surface area contributed by atoms with E-state index in [1.165, 1.54) is 7.11 Å². The van der Waals surface area contributed by atoms with Gasteiger partial charge in [0.15, 0.2) is 0 Å². The van der Waals surface area contributed by atoms with Crippen molar-refractivity contribution >= 4 is 57.8 Å². The van der Waals surface area contributed by atoms with Gasteiger partial charge in [-0.2, -0.15) is 0 Å². The van der Waals surface area contributed by atoms with Gasteiger partial charge in [0.05, 0.1) is 24.1 Å². The third kappa shape index (κ3) is 5.74. The van der Waals surface area contributed by atoms with Crippen LogP contribution in [0, 0.1) is 0 Å². The van der Waals surface area contributed by atoms with Crippen molar-refractivity contribution in [1.29, 1.82) is 0 Å². The number of nitrogens with one attached hydrogen (secondary N) is 3. The average molecular weight is 546 g/mol. The summed E-state index contributed by atoms with van der Waals surface area (Å²) in [5.74, 6) is -0.267. The van der Waals surface area contributed by atoms with E-state index >= 15 is 0 Å². The Balaban J connectivity index is 1.47. The Bertz CT molecular complexity index is 1450. The molecule has 0 aliphatic carbocycles. The molecule has 0 radical (unpaired) electrons. The van der Waals surface area contributed by atoms with E-state index in [4.69, 9.17) is 11.6 Å². The summed E-state index contributed by atoms with van der Waals surface area (Å²) in [5, 5.41) is 9.41. The van der Waals surface area contributed by atoms with Gasteiger partial charge in [-0.25, -0.2) is 4.79 Å². The number of ether oxygens (including phenoxy) is 1. The third-order valence-corrected chi connectivity index (χ3v) is 7.01. The molecule has 3 N–H and O–H groups in total. The van der Waals surface area contributed by atoms with Crippen LogP contribution in [0.15, 0.2) is 66.7 Å². The van der Waals surface area contributed by atoms with Gasteiger partial charge in [0.1, 0.15) is 0 Å². The molecule has 200 valence electrons. The summed E-state index contributed by atoms with van der Waals surface area (Å²) in [4.78, 5) is 41.8. The highest BCUT2D eigenvalue weighted by Gasteiger charge is 2.29. The van der Waals surface area contributed by atoms with Crippen LogP contribution >= 0.6 is 11.6 Å². The lowest BCUT2D eigenvalue weighted by Crippen LogP contribution is -2.47. The summed E-state index contributed by atoms with van der Waals surface area (Å²) in [6.45, 7) is 3.10. The lowest BCUT2D eigenvalue weighted by atomic mass is 9.99. The fraction of sp³-hybridized carbons (Fsp3) is 0.207. The molecule has 0 saturated carbocycles. The van der Waals surface area contributed by atoms with Gasteiger partial charge in [0, 0.05) is 53.7 Å². The number of likely N-dealkylation sites (N-methyl/N-ethyl adjacent to an activating group) is 1. The Morgan fingerprint density at radius 1 is 0.872 bits per heavy atom. The highest BCUT2D eigenvalue weighted by Crippen LogP contribution is 2.39. The van der Waals surface area contributed by atoms with Gasteiger partial charge in [-0.05, 0) is 61.1 Å². The molecule has 1 saturated heterocycles. The molecular formula is C29H28ClN5O4. The van der Waals surface area contributed by atoms with Crippen molar-refractivity contribution in [2.45, 2.75) is 0 Å². The van der Waals surface area contributed by atoms with Crippen LogP contribution in [0.1, 0.15) is 21.5 Å². The molecule has 0 bridgehead atoms. The molecule has 9 nitrogen and oxygen atoms in total. The number of rotatable bonds is 5. The smallest absolute Gasteiger partial charge is 0.411 e. The largest absolute Gasteiger partial charge is 0.453 e. The van der Waals surface area contributed by atoms with Crippen molar-refractivity contribution in [3.8, 4) is 0 Å². The topological polar surface area (TPSA) is 103 Å². The van der Waals surface area contributed by atoms with Crippen LogP contribution < -0.4 is 16.0 Å². The van der Waals surface area contributed by atoms with Gasteiger partial charge in [-0.15, -0.1) is 0 Å². The second-order valence-corrected chi connectivity index (χ2v) is 9.82. The first-order chi connectivity index (χ1) is 18.8. The van der Waals surface area contributed by atoms with Gasteiger partial charge >= 0.3 is 6.09 Å². The maximum atomic E-state index is 13.2. The van der Waals surface area contributed by atoms with Crippen LogP contribution in [-0.4, -0.2) is 68.0 Å². The molecular weight excluding hydrogens is 518 g/mol. The lowest BCUT2D eigenvalue weighted by Gasteiger charge is -2.32. The number of anilines is 3. The molecule has 0 aromatic heterocycles. The fourth-order valence-electron chi connectivity index (χ4n) is 4.59. The number of hydrogen-bond acceptors (Lipinski definition) is 6. The molecule has 1 fully saturated rings. The molecule has 2 aliphatic rings. The predicted molar refractivity (Wildman–Crippen MR) is 153 cm³/mol. The minimum absolute atomic E-state index is 0.00268. The van der Waals surface area contributed by atoms with Crippen LogP contribution in [0.3, 0.4) is 0 Å². The molecule has 10 heteroatoms. The van der Waals surface area contributed by atoms with Crippen molar-refractivity contribution < 1.29 is 19.1 Å². The van der Waals surface area contributed by atoms with Crippen LogP contribution in [0.5, 0.6) is 0 Å². The number of methoxy groups -OCH3 is 1. The van der Waals surface area contributed by atoms with Crippen LogP contribution in [0.4, 0.5) is 21.9 Å². The first-order valence-electron chi connectivity index (χ1n) is 12.5. The number of carbonyl (C=O) groups excluding carboxylic acids is 3. The van der Waals surface area contributed by atoms with Gasteiger partial charge in [0.2, 0.25) is 0 Å².